The molecule has 1 atom stereocenters. The zero-order chi connectivity index (χ0) is 15.2. The number of nitrogens with two attached hydrogens (primary N) is 1. The predicted molar refractivity (Wildman–Crippen MR) is 84.4 cm³/mol. The average molecular weight is 305 g/mol. The smallest absolute Gasteiger partial charge is 0.258 e. The van der Waals surface area contributed by atoms with Crippen LogP contribution in [0, 0.1) is 0 Å². The minimum absolute atomic E-state index is 0.0473. The van der Waals surface area contributed by atoms with Crippen LogP contribution < -0.4 is 15.8 Å². The second kappa shape index (κ2) is 6.99. The van der Waals surface area contributed by atoms with Crippen molar-refractivity contribution in [2.24, 2.45) is 0 Å². The maximum Gasteiger partial charge on any atom is 0.258 e. The predicted octanol–water partition coefficient (Wildman–Crippen LogP) is 3.18. The van der Waals surface area contributed by atoms with Crippen LogP contribution in [0.5, 0.6) is 5.75 Å². The van der Waals surface area contributed by atoms with Gasteiger partial charge in [0.15, 0.2) is 6.61 Å². The number of halogens is 1. The third kappa shape index (κ3) is 4.68. The van der Waals surface area contributed by atoms with Crippen molar-refractivity contribution in [3.63, 3.8) is 0 Å². The number of carbonyl (C=O) groups is 1. The molecule has 0 radical (unpaired) electrons. The molecule has 0 spiro atoms. The lowest BCUT2D eigenvalue weighted by Crippen LogP contribution is -2.31. The number of rotatable bonds is 5. The van der Waals surface area contributed by atoms with E-state index in [2.05, 4.69) is 5.32 Å². The standard InChI is InChI=1S/C16H17ClN2O2/c1-11(12-3-2-4-14(18)9-12)19-16(20)10-21-15-7-5-13(17)6-8-15/h2-9,11H,10,18H2,1H3,(H,19,20). The molecule has 1 amide bonds. The van der Waals surface area contributed by atoms with Gasteiger partial charge < -0.3 is 15.8 Å². The Morgan fingerprint density at radius 3 is 2.67 bits per heavy atom. The number of carbonyl (C=O) groups excluding carboxylic acids is 1. The number of benzene rings is 2. The van der Waals surface area contributed by atoms with Crippen molar-refractivity contribution in [1.29, 1.82) is 0 Å². The van der Waals surface area contributed by atoms with E-state index in [0.717, 1.165) is 5.56 Å². The van der Waals surface area contributed by atoms with Crippen LogP contribution in [-0.4, -0.2) is 12.5 Å². The Morgan fingerprint density at radius 1 is 1.29 bits per heavy atom. The zero-order valence-corrected chi connectivity index (χ0v) is 12.4. The summed E-state index contributed by atoms with van der Waals surface area (Å²) in [5, 5.41) is 3.49. The minimum atomic E-state index is -0.195. The topological polar surface area (TPSA) is 64.3 Å². The van der Waals surface area contributed by atoms with E-state index in [1.165, 1.54) is 0 Å². The lowest BCUT2D eigenvalue weighted by Gasteiger charge is -2.15. The Kier molecular flexibility index (Phi) is 5.06. The second-order valence-electron chi connectivity index (χ2n) is 4.70. The largest absolute Gasteiger partial charge is 0.484 e. The molecule has 0 saturated heterocycles. The van der Waals surface area contributed by atoms with Gasteiger partial charge in [-0.1, -0.05) is 23.7 Å². The van der Waals surface area contributed by atoms with Gasteiger partial charge in [0, 0.05) is 10.7 Å². The van der Waals surface area contributed by atoms with E-state index >= 15 is 0 Å². The summed E-state index contributed by atoms with van der Waals surface area (Å²) in [5.41, 5.74) is 7.35. The number of nitrogens with one attached hydrogen (secondary N) is 1. The molecule has 2 aromatic rings. The number of hydrogen-bond acceptors (Lipinski definition) is 3. The number of anilines is 1. The van der Waals surface area contributed by atoms with Gasteiger partial charge in [0.05, 0.1) is 6.04 Å². The number of ether oxygens (including phenoxy) is 1. The van der Waals surface area contributed by atoms with E-state index in [1.54, 1.807) is 24.3 Å². The first-order chi connectivity index (χ1) is 10.0. The summed E-state index contributed by atoms with van der Waals surface area (Å²) >= 11 is 5.78. The summed E-state index contributed by atoms with van der Waals surface area (Å²) in [6.45, 7) is 1.85. The van der Waals surface area contributed by atoms with Gasteiger partial charge in [-0.25, -0.2) is 0 Å². The third-order valence-corrected chi connectivity index (χ3v) is 3.22. The van der Waals surface area contributed by atoms with Crippen molar-refractivity contribution in [3.05, 3.63) is 59.1 Å². The molecule has 4 nitrogen and oxygen atoms in total. The van der Waals surface area contributed by atoms with Gasteiger partial charge in [-0.05, 0) is 48.9 Å². The fourth-order valence-corrected chi connectivity index (χ4v) is 2.00. The van der Waals surface area contributed by atoms with Crippen molar-refractivity contribution in [2.75, 3.05) is 12.3 Å². The molecule has 110 valence electrons. The molecule has 2 rings (SSSR count). The summed E-state index contributed by atoms with van der Waals surface area (Å²) < 4.78 is 5.39. The van der Waals surface area contributed by atoms with Gasteiger partial charge in [-0.2, -0.15) is 0 Å². The van der Waals surface area contributed by atoms with Crippen LogP contribution in [0.3, 0.4) is 0 Å². The third-order valence-electron chi connectivity index (χ3n) is 2.97. The fourth-order valence-electron chi connectivity index (χ4n) is 1.87. The van der Waals surface area contributed by atoms with Crippen molar-refractivity contribution < 1.29 is 9.53 Å². The Bertz CT molecular complexity index is 614. The van der Waals surface area contributed by atoms with Gasteiger partial charge in [0.2, 0.25) is 0 Å². The molecule has 0 aliphatic heterocycles. The van der Waals surface area contributed by atoms with Crippen molar-refractivity contribution in [1.82, 2.24) is 5.32 Å². The van der Waals surface area contributed by atoms with Crippen LogP contribution in [0.1, 0.15) is 18.5 Å². The molecule has 0 fully saturated rings. The van der Waals surface area contributed by atoms with E-state index in [9.17, 15) is 4.79 Å². The zero-order valence-electron chi connectivity index (χ0n) is 11.7. The Morgan fingerprint density at radius 2 is 2.00 bits per heavy atom. The normalized spacial score (nSPS) is 11.7. The van der Waals surface area contributed by atoms with Crippen molar-refractivity contribution in [2.45, 2.75) is 13.0 Å². The summed E-state index contributed by atoms with van der Waals surface area (Å²) in [7, 11) is 0. The molecule has 21 heavy (non-hydrogen) atoms. The summed E-state index contributed by atoms with van der Waals surface area (Å²) in [4.78, 5) is 11.9. The maximum atomic E-state index is 11.9. The van der Waals surface area contributed by atoms with Crippen LogP contribution >= 0.6 is 11.6 Å². The first-order valence-electron chi connectivity index (χ1n) is 6.58. The van der Waals surface area contributed by atoms with E-state index in [-0.39, 0.29) is 18.6 Å². The van der Waals surface area contributed by atoms with Gasteiger partial charge in [-0.3, -0.25) is 4.79 Å². The van der Waals surface area contributed by atoms with Gasteiger partial charge in [-0.15, -0.1) is 0 Å². The molecule has 1 unspecified atom stereocenters. The average Bonchev–Trinajstić information content (AvgIpc) is 2.46. The molecule has 3 N–H and O–H groups in total. The molecule has 0 aliphatic carbocycles. The molecule has 0 saturated carbocycles. The Hall–Kier alpha value is -2.20. The molecule has 0 bridgehead atoms. The van der Waals surface area contributed by atoms with E-state index in [1.807, 2.05) is 31.2 Å². The van der Waals surface area contributed by atoms with Gasteiger partial charge >= 0.3 is 0 Å². The molecule has 0 aliphatic rings. The second-order valence-corrected chi connectivity index (χ2v) is 5.14. The molecular weight excluding hydrogens is 288 g/mol. The SMILES string of the molecule is CC(NC(=O)COc1ccc(Cl)cc1)c1cccc(N)c1. The fraction of sp³-hybridized carbons (Fsp3) is 0.188. The molecule has 2 aromatic carbocycles. The summed E-state index contributed by atoms with van der Waals surface area (Å²) in [6.07, 6.45) is 0. The molecular formula is C16H17ClN2O2. The van der Waals surface area contributed by atoms with E-state index < -0.39 is 0 Å². The van der Waals surface area contributed by atoms with Crippen LogP contribution in [0.25, 0.3) is 0 Å². The monoisotopic (exact) mass is 304 g/mol. The Balaban J connectivity index is 1.85. The lowest BCUT2D eigenvalue weighted by molar-refractivity contribution is -0.123. The highest BCUT2D eigenvalue weighted by atomic mass is 35.5. The maximum absolute atomic E-state index is 11.9. The van der Waals surface area contributed by atoms with Crippen LogP contribution in [0.2, 0.25) is 5.02 Å². The lowest BCUT2D eigenvalue weighted by atomic mass is 10.1. The van der Waals surface area contributed by atoms with E-state index in [4.69, 9.17) is 22.1 Å². The highest BCUT2D eigenvalue weighted by Gasteiger charge is 2.10. The van der Waals surface area contributed by atoms with Gasteiger partial charge in [0.25, 0.3) is 5.91 Å². The number of hydrogen-bond donors (Lipinski definition) is 2. The molecule has 0 aromatic heterocycles. The highest BCUT2D eigenvalue weighted by molar-refractivity contribution is 6.30. The van der Waals surface area contributed by atoms with E-state index in [0.29, 0.717) is 16.5 Å². The van der Waals surface area contributed by atoms with Gasteiger partial charge in [0.1, 0.15) is 5.75 Å². The first-order valence-corrected chi connectivity index (χ1v) is 6.95. The summed E-state index contributed by atoms with van der Waals surface area (Å²) in [6, 6.07) is 14.2. The quantitative estimate of drug-likeness (QED) is 0.834. The van der Waals surface area contributed by atoms with Crippen molar-refractivity contribution >= 4 is 23.2 Å². The first kappa shape index (κ1) is 15.2. The van der Waals surface area contributed by atoms with Crippen molar-refractivity contribution in [3.8, 4) is 5.75 Å². The van der Waals surface area contributed by atoms with Crippen LogP contribution in [0.15, 0.2) is 48.5 Å². The number of amides is 1. The number of nitrogen functional groups attached to an aromatic ring is 1. The Labute approximate surface area is 128 Å². The van der Waals surface area contributed by atoms with Crippen LogP contribution in [0.4, 0.5) is 5.69 Å². The van der Waals surface area contributed by atoms with Crippen LogP contribution in [-0.2, 0) is 4.79 Å². The molecule has 0 heterocycles. The minimum Gasteiger partial charge on any atom is -0.484 e. The highest BCUT2D eigenvalue weighted by Crippen LogP contribution is 2.16. The summed E-state index contributed by atoms with van der Waals surface area (Å²) in [5.74, 6) is 0.408. The molecule has 5 heteroatoms.